The molecule has 0 aliphatic carbocycles. The molecule has 0 fully saturated rings. The van der Waals surface area contributed by atoms with Gasteiger partial charge in [0.05, 0.1) is 13.2 Å². The summed E-state index contributed by atoms with van der Waals surface area (Å²) in [5.41, 5.74) is 4.04. The van der Waals surface area contributed by atoms with Gasteiger partial charge in [-0.25, -0.2) is 0 Å². The smallest absolute Gasteiger partial charge is 0.243 e. The van der Waals surface area contributed by atoms with Crippen molar-refractivity contribution in [1.29, 1.82) is 0 Å². The van der Waals surface area contributed by atoms with Crippen LogP contribution in [0.3, 0.4) is 0 Å². The highest BCUT2D eigenvalue weighted by Crippen LogP contribution is 2.17. The molecular weight excluding hydrogens is 316 g/mol. The molecule has 0 bridgehead atoms. The molecule has 0 unspecified atom stereocenters. The Balaban J connectivity index is 1.78. The van der Waals surface area contributed by atoms with Crippen LogP contribution in [0.1, 0.15) is 18.1 Å². The predicted molar refractivity (Wildman–Crippen MR) is 101 cm³/mol. The lowest BCUT2D eigenvalue weighted by molar-refractivity contribution is -0.114. The lowest BCUT2D eigenvalue weighted by Gasteiger charge is -2.11. The maximum Gasteiger partial charge on any atom is 0.243 e. The number of anilines is 2. The lowest BCUT2D eigenvalue weighted by Crippen LogP contribution is -2.22. The van der Waals surface area contributed by atoms with Gasteiger partial charge in [-0.05, 0) is 56.7 Å². The van der Waals surface area contributed by atoms with Crippen LogP contribution in [0.2, 0.25) is 0 Å². The monoisotopic (exact) mass is 342 g/mol. The molecule has 0 aliphatic rings. The van der Waals surface area contributed by atoms with E-state index < -0.39 is 0 Å². The van der Waals surface area contributed by atoms with Crippen LogP contribution in [0.15, 0.2) is 42.5 Å². The summed E-state index contributed by atoms with van der Waals surface area (Å²) in [6.07, 6.45) is 0. The van der Waals surface area contributed by atoms with E-state index in [-0.39, 0.29) is 12.5 Å². The van der Waals surface area contributed by atoms with Gasteiger partial charge in [-0.3, -0.25) is 4.79 Å². The number of benzene rings is 2. The highest BCUT2D eigenvalue weighted by atomic mass is 16.5. The number of rotatable bonds is 9. The van der Waals surface area contributed by atoms with E-state index in [2.05, 4.69) is 16.7 Å². The van der Waals surface area contributed by atoms with Crippen LogP contribution in [-0.2, 0) is 9.53 Å². The first kappa shape index (κ1) is 18.8. The summed E-state index contributed by atoms with van der Waals surface area (Å²) in [5, 5.41) is 6.03. The molecule has 2 aromatic carbocycles. The Morgan fingerprint density at radius 3 is 2.48 bits per heavy atom. The first-order valence-corrected chi connectivity index (χ1v) is 8.50. The molecule has 1 amide bonds. The average molecular weight is 342 g/mol. The van der Waals surface area contributed by atoms with Crippen molar-refractivity contribution >= 4 is 17.3 Å². The number of hydrogen-bond donors (Lipinski definition) is 2. The fourth-order valence-electron chi connectivity index (χ4n) is 2.39. The summed E-state index contributed by atoms with van der Waals surface area (Å²) >= 11 is 0. The molecule has 0 heterocycles. The highest BCUT2D eigenvalue weighted by Gasteiger charge is 2.04. The van der Waals surface area contributed by atoms with Crippen molar-refractivity contribution in [2.24, 2.45) is 0 Å². The Labute approximate surface area is 149 Å². The summed E-state index contributed by atoms with van der Waals surface area (Å²) in [6, 6.07) is 13.4. The zero-order valence-corrected chi connectivity index (χ0v) is 15.1. The molecule has 134 valence electrons. The quantitative estimate of drug-likeness (QED) is 0.681. The van der Waals surface area contributed by atoms with Gasteiger partial charge in [-0.2, -0.15) is 0 Å². The molecule has 25 heavy (non-hydrogen) atoms. The van der Waals surface area contributed by atoms with Crippen LogP contribution in [0.5, 0.6) is 5.75 Å². The molecule has 5 nitrogen and oxygen atoms in total. The molecule has 2 N–H and O–H groups in total. The van der Waals surface area contributed by atoms with Crippen molar-refractivity contribution in [2.45, 2.75) is 20.8 Å². The molecule has 0 saturated carbocycles. The minimum Gasteiger partial charge on any atom is -0.491 e. The van der Waals surface area contributed by atoms with Gasteiger partial charge in [-0.1, -0.05) is 17.7 Å². The van der Waals surface area contributed by atoms with Crippen LogP contribution >= 0.6 is 0 Å². The molecule has 0 atom stereocenters. The first-order chi connectivity index (χ1) is 12.1. The van der Waals surface area contributed by atoms with E-state index in [1.54, 1.807) is 0 Å². The third-order valence-electron chi connectivity index (χ3n) is 3.66. The van der Waals surface area contributed by atoms with Crippen molar-refractivity contribution in [3.63, 3.8) is 0 Å². The molecule has 0 aromatic heterocycles. The van der Waals surface area contributed by atoms with Gasteiger partial charge in [0.25, 0.3) is 0 Å². The lowest BCUT2D eigenvalue weighted by atomic mass is 10.1. The van der Waals surface area contributed by atoms with E-state index in [1.165, 1.54) is 5.56 Å². The SMILES string of the molecule is CCOCCOc1ccc(NC(=O)CNc2ccc(C)cc2C)cc1. The zero-order chi connectivity index (χ0) is 18.1. The van der Waals surface area contributed by atoms with Crippen LogP contribution in [0, 0.1) is 13.8 Å². The largest absolute Gasteiger partial charge is 0.491 e. The fraction of sp³-hybridized carbons (Fsp3) is 0.350. The van der Waals surface area contributed by atoms with E-state index in [4.69, 9.17) is 9.47 Å². The van der Waals surface area contributed by atoms with Crippen LogP contribution < -0.4 is 15.4 Å². The molecular formula is C20H26N2O3. The van der Waals surface area contributed by atoms with Crippen molar-refractivity contribution in [1.82, 2.24) is 0 Å². The van der Waals surface area contributed by atoms with E-state index in [0.29, 0.717) is 19.8 Å². The number of nitrogens with one attached hydrogen (secondary N) is 2. The van der Waals surface area contributed by atoms with Gasteiger partial charge >= 0.3 is 0 Å². The number of hydrogen-bond acceptors (Lipinski definition) is 4. The van der Waals surface area contributed by atoms with Crippen molar-refractivity contribution in [3.05, 3.63) is 53.6 Å². The summed E-state index contributed by atoms with van der Waals surface area (Å²) in [5.74, 6) is 0.663. The minimum absolute atomic E-state index is 0.0926. The third-order valence-corrected chi connectivity index (χ3v) is 3.66. The molecule has 2 rings (SSSR count). The van der Waals surface area contributed by atoms with E-state index >= 15 is 0 Å². The number of carbonyl (C=O) groups is 1. The number of ether oxygens (including phenoxy) is 2. The van der Waals surface area contributed by atoms with Gasteiger partial charge in [0.15, 0.2) is 0 Å². The molecule has 5 heteroatoms. The molecule has 0 spiro atoms. The standard InChI is InChI=1S/C20H26N2O3/c1-4-24-11-12-25-18-8-6-17(7-9-18)22-20(23)14-21-19-10-5-15(2)13-16(19)3/h5-10,13,21H,4,11-12,14H2,1-3H3,(H,22,23). The van der Waals surface area contributed by atoms with Gasteiger partial charge in [0.1, 0.15) is 12.4 Å². The Bertz CT molecular complexity index is 684. The van der Waals surface area contributed by atoms with Crippen molar-refractivity contribution < 1.29 is 14.3 Å². The Morgan fingerprint density at radius 2 is 1.80 bits per heavy atom. The minimum atomic E-state index is -0.0926. The molecule has 0 radical (unpaired) electrons. The van der Waals surface area contributed by atoms with Gasteiger partial charge in [0.2, 0.25) is 5.91 Å². The van der Waals surface area contributed by atoms with E-state index in [0.717, 1.165) is 22.7 Å². The Hall–Kier alpha value is -2.53. The summed E-state index contributed by atoms with van der Waals surface area (Å²) in [7, 11) is 0. The summed E-state index contributed by atoms with van der Waals surface area (Å²) in [4.78, 5) is 12.1. The Kier molecular flexibility index (Phi) is 7.29. The van der Waals surface area contributed by atoms with Gasteiger partial charge in [0, 0.05) is 18.0 Å². The van der Waals surface area contributed by atoms with Gasteiger partial charge in [-0.15, -0.1) is 0 Å². The number of amides is 1. The Morgan fingerprint density at radius 1 is 1.04 bits per heavy atom. The van der Waals surface area contributed by atoms with Crippen molar-refractivity contribution in [2.75, 3.05) is 37.0 Å². The van der Waals surface area contributed by atoms with Crippen LogP contribution in [0.4, 0.5) is 11.4 Å². The van der Waals surface area contributed by atoms with Crippen molar-refractivity contribution in [3.8, 4) is 5.75 Å². The predicted octanol–water partition coefficient (Wildman–Crippen LogP) is 3.77. The molecule has 0 saturated heterocycles. The number of carbonyl (C=O) groups excluding carboxylic acids is 1. The number of aryl methyl sites for hydroxylation is 2. The highest BCUT2D eigenvalue weighted by molar-refractivity contribution is 5.93. The topological polar surface area (TPSA) is 59.6 Å². The second kappa shape index (κ2) is 9.69. The second-order valence-corrected chi connectivity index (χ2v) is 5.79. The average Bonchev–Trinajstić information content (AvgIpc) is 2.59. The maximum absolute atomic E-state index is 12.1. The van der Waals surface area contributed by atoms with E-state index in [1.807, 2.05) is 57.2 Å². The fourth-order valence-corrected chi connectivity index (χ4v) is 2.39. The first-order valence-electron chi connectivity index (χ1n) is 8.50. The van der Waals surface area contributed by atoms with Crippen LogP contribution in [0.25, 0.3) is 0 Å². The van der Waals surface area contributed by atoms with E-state index in [9.17, 15) is 4.79 Å². The molecule has 0 aliphatic heterocycles. The summed E-state index contributed by atoms with van der Waals surface area (Å²) in [6.45, 7) is 8.01. The zero-order valence-electron chi connectivity index (χ0n) is 15.1. The summed E-state index contributed by atoms with van der Waals surface area (Å²) < 4.78 is 10.8. The second-order valence-electron chi connectivity index (χ2n) is 5.79. The van der Waals surface area contributed by atoms with Gasteiger partial charge < -0.3 is 20.1 Å². The van der Waals surface area contributed by atoms with Crippen LogP contribution in [-0.4, -0.2) is 32.3 Å². The maximum atomic E-state index is 12.1. The normalized spacial score (nSPS) is 10.4. The molecule has 2 aromatic rings. The third kappa shape index (κ3) is 6.47.